The van der Waals surface area contributed by atoms with Gasteiger partial charge < -0.3 is 14.2 Å². The Morgan fingerprint density at radius 2 is 1.96 bits per heavy atom. The van der Waals surface area contributed by atoms with Gasteiger partial charge in [0.15, 0.2) is 0 Å². The van der Waals surface area contributed by atoms with E-state index in [1.54, 1.807) is 13.4 Å². The Labute approximate surface area is 161 Å². The van der Waals surface area contributed by atoms with Gasteiger partial charge in [-0.05, 0) is 24.3 Å². The molecule has 10 nitrogen and oxygen atoms in total. The van der Waals surface area contributed by atoms with E-state index < -0.39 is 0 Å². The summed E-state index contributed by atoms with van der Waals surface area (Å²) in [7, 11) is 1.63. The van der Waals surface area contributed by atoms with Crippen molar-refractivity contribution in [1.29, 1.82) is 0 Å². The number of nitrogens with zero attached hydrogens (tertiary/aromatic N) is 7. The molecule has 0 aliphatic carbocycles. The molecule has 0 unspecified atom stereocenters. The van der Waals surface area contributed by atoms with Crippen molar-refractivity contribution < 1.29 is 14.1 Å². The van der Waals surface area contributed by atoms with Crippen LogP contribution in [0.1, 0.15) is 5.89 Å². The van der Waals surface area contributed by atoms with Gasteiger partial charge in [-0.1, -0.05) is 5.16 Å². The second-order valence-corrected chi connectivity index (χ2v) is 6.49. The molecule has 0 bridgehead atoms. The lowest BCUT2D eigenvalue weighted by Crippen LogP contribution is -2.49. The van der Waals surface area contributed by atoms with Crippen molar-refractivity contribution in [2.24, 2.45) is 0 Å². The number of carbonyl (C=O) groups is 1. The Morgan fingerprint density at radius 1 is 1.18 bits per heavy atom. The number of piperazine rings is 1. The summed E-state index contributed by atoms with van der Waals surface area (Å²) in [6.45, 7) is 3.61. The first-order valence-electron chi connectivity index (χ1n) is 9.01. The molecule has 0 saturated carbocycles. The van der Waals surface area contributed by atoms with Gasteiger partial charge in [-0.3, -0.25) is 9.69 Å². The molecule has 28 heavy (non-hydrogen) atoms. The average Bonchev–Trinajstić information content (AvgIpc) is 3.41. The summed E-state index contributed by atoms with van der Waals surface area (Å²) < 4.78 is 12.1. The van der Waals surface area contributed by atoms with Crippen molar-refractivity contribution in [2.45, 2.75) is 13.1 Å². The lowest BCUT2D eigenvalue weighted by Gasteiger charge is -2.33. The summed E-state index contributed by atoms with van der Waals surface area (Å²) in [4.78, 5) is 24.7. The van der Waals surface area contributed by atoms with Crippen LogP contribution in [0.25, 0.3) is 11.4 Å². The van der Waals surface area contributed by atoms with Gasteiger partial charge in [0.25, 0.3) is 0 Å². The Kier molecular flexibility index (Phi) is 5.29. The molecule has 1 aliphatic rings. The topological polar surface area (TPSA) is 102 Å². The molecule has 10 heteroatoms. The predicted molar refractivity (Wildman–Crippen MR) is 98.2 cm³/mol. The molecule has 1 fully saturated rings. The van der Waals surface area contributed by atoms with Crippen LogP contribution in [0.3, 0.4) is 0 Å². The maximum absolute atomic E-state index is 12.3. The zero-order chi connectivity index (χ0) is 19.3. The molecule has 3 aromatic rings. The molecular formula is C18H21N7O3. The van der Waals surface area contributed by atoms with Crippen molar-refractivity contribution in [3.05, 3.63) is 42.8 Å². The van der Waals surface area contributed by atoms with Crippen LogP contribution in [0.5, 0.6) is 5.75 Å². The first-order chi connectivity index (χ1) is 13.7. The minimum absolute atomic E-state index is 0.0460. The van der Waals surface area contributed by atoms with Crippen LogP contribution in [0.4, 0.5) is 0 Å². The number of hydrogen-bond acceptors (Lipinski definition) is 8. The zero-order valence-corrected chi connectivity index (χ0v) is 15.6. The molecule has 3 heterocycles. The van der Waals surface area contributed by atoms with E-state index in [4.69, 9.17) is 9.26 Å². The van der Waals surface area contributed by atoms with Gasteiger partial charge in [0.05, 0.1) is 13.7 Å². The number of ether oxygens (including phenoxy) is 1. The molecule has 1 aliphatic heterocycles. The van der Waals surface area contributed by atoms with Crippen LogP contribution >= 0.6 is 0 Å². The average molecular weight is 383 g/mol. The Balaban J connectivity index is 1.29. The molecule has 4 rings (SSSR count). The molecule has 2 aromatic heterocycles. The highest BCUT2D eigenvalue weighted by Gasteiger charge is 2.23. The van der Waals surface area contributed by atoms with Crippen molar-refractivity contribution >= 4 is 5.91 Å². The van der Waals surface area contributed by atoms with Gasteiger partial charge >= 0.3 is 0 Å². The summed E-state index contributed by atoms with van der Waals surface area (Å²) >= 11 is 0. The number of benzene rings is 1. The summed E-state index contributed by atoms with van der Waals surface area (Å²) in [5.74, 6) is 1.95. The maximum Gasteiger partial charge on any atom is 0.244 e. The summed E-state index contributed by atoms with van der Waals surface area (Å²) in [5, 5.41) is 8.03. The van der Waals surface area contributed by atoms with E-state index >= 15 is 0 Å². The number of hydrogen-bond donors (Lipinski definition) is 0. The maximum atomic E-state index is 12.3. The van der Waals surface area contributed by atoms with Crippen LogP contribution in [-0.2, 0) is 17.9 Å². The van der Waals surface area contributed by atoms with Gasteiger partial charge in [0.1, 0.15) is 24.9 Å². The molecule has 0 radical (unpaired) electrons. The zero-order valence-electron chi connectivity index (χ0n) is 15.6. The first-order valence-corrected chi connectivity index (χ1v) is 9.01. The van der Waals surface area contributed by atoms with E-state index in [2.05, 4.69) is 25.1 Å². The lowest BCUT2D eigenvalue weighted by atomic mass is 10.2. The third-order valence-electron chi connectivity index (χ3n) is 4.66. The number of methoxy groups -OCH3 is 1. The van der Waals surface area contributed by atoms with Crippen LogP contribution in [0, 0.1) is 0 Å². The number of aromatic nitrogens is 5. The van der Waals surface area contributed by atoms with Gasteiger partial charge in [-0.25, -0.2) is 9.67 Å². The minimum atomic E-state index is 0.0460. The molecule has 0 atom stereocenters. The second kappa shape index (κ2) is 8.17. The molecule has 1 amide bonds. The van der Waals surface area contributed by atoms with Crippen LogP contribution in [0.15, 0.2) is 41.4 Å². The Hall–Kier alpha value is -3.27. The van der Waals surface area contributed by atoms with E-state index in [1.807, 2.05) is 29.2 Å². The van der Waals surface area contributed by atoms with Crippen molar-refractivity contribution in [3.8, 4) is 17.1 Å². The Bertz CT molecular complexity index is 900. The monoisotopic (exact) mass is 383 g/mol. The van der Waals surface area contributed by atoms with Crippen LogP contribution in [-0.4, -0.2) is 73.9 Å². The summed E-state index contributed by atoms with van der Waals surface area (Å²) in [6.07, 6.45) is 2.97. The second-order valence-electron chi connectivity index (χ2n) is 6.49. The molecule has 0 N–H and O–H groups in total. The minimum Gasteiger partial charge on any atom is -0.497 e. The number of carbonyl (C=O) groups excluding carboxylic acids is 1. The van der Waals surface area contributed by atoms with Gasteiger partial charge in [-0.2, -0.15) is 10.1 Å². The highest BCUT2D eigenvalue weighted by Crippen LogP contribution is 2.20. The summed E-state index contributed by atoms with van der Waals surface area (Å²) in [6, 6.07) is 7.52. The molecular weight excluding hydrogens is 362 g/mol. The highest BCUT2D eigenvalue weighted by molar-refractivity contribution is 5.76. The van der Waals surface area contributed by atoms with Crippen molar-refractivity contribution in [2.75, 3.05) is 33.3 Å². The fraction of sp³-hybridized carbons (Fsp3) is 0.389. The predicted octanol–water partition coefficient (Wildman–Crippen LogP) is 0.681. The molecule has 146 valence electrons. The van der Waals surface area contributed by atoms with E-state index in [1.165, 1.54) is 11.0 Å². The SMILES string of the molecule is COc1ccc(-c2noc(CN3CCN(C(=O)Cn4cncn4)CC3)n2)cc1. The first kappa shape index (κ1) is 18.1. The smallest absolute Gasteiger partial charge is 0.244 e. The van der Waals surface area contributed by atoms with Crippen molar-refractivity contribution in [3.63, 3.8) is 0 Å². The normalized spacial score (nSPS) is 15.0. The lowest BCUT2D eigenvalue weighted by molar-refractivity contribution is -0.133. The number of amides is 1. The molecule has 1 aromatic carbocycles. The summed E-state index contributed by atoms with van der Waals surface area (Å²) in [5.41, 5.74) is 0.874. The molecule has 1 saturated heterocycles. The fourth-order valence-corrected chi connectivity index (χ4v) is 3.08. The van der Waals surface area contributed by atoms with Gasteiger partial charge in [0, 0.05) is 31.7 Å². The van der Waals surface area contributed by atoms with E-state index in [0.29, 0.717) is 31.3 Å². The van der Waals surface area contributed by atoms with Gasteiger partial charge in [-0.15, -0.1) is 0 Å². The quantitative estimate of drug-likeness (QED) is 0.612. The van der Waals surface area contributed by atoms with Gasteiger partial charge in [0.2, 0.25) is 17.6 Å². The number of rotatable bonds is 6. The van der Waals surface area contributed by atoms with E-state index in [9.17, 15) is 4.79 Å². The van der Waals surface area contributed by atoms with E-state index in [-0.39, 0.29) is 12.5 Å². The third kappa shape index (κ3) is 4.17. The molecule has 0 spiro atoms. The van der Waals surface area contributed by atoms with Crippen molar-refractivity contribution in [1.82, 2.24) is 34.7 Å². The third-order valence-corrected chi connectivity index (χ3v) is 4.66. The highest BCUT2D eigenvalue weighted by atomic mass is 16.5. The van der Waals surface area contributed by atoms with Crippen LogP contribution in [0.2, 0.25) is 0 Å². The fourth-order valence-electron chi connectivity index (χ4n) is 3.08. The van der Waals surface area contributed by atoms with E-state index in [0.717, 1.165) is 24.4 Å². The Morgan fingerprint density at radius 3 is 2.64 bits per heavy atom. The standard InChI is InChI=1S/C18H21N7O3/c1-27-15-4-2-14(3-5-15)18-21-16(28-22-18)10-23-6-8-24(9-7-23)17(26)11-25-13-19-12-20-25/h2-5,12-13H,6-11H2,1H3. The van der Waals surface area contributed by atoms with Crippen LogP contribution < -0.4 is 4.74 Å². The largest absolute Gasteiger partial charge is 0.497 e.